The summed E-state index contributed by atoms with van der Waals surface area (Å²) in [6, 6.07) is 26.2. The molecule has 0 aliphatic carbocycles. The van der Waals surface area contributed by atoms with Crippen LogP contribution in [0.1, 0.15) is 23.1 Å². The van der Waals surface area contributed by atoms with E-state index in [1.165, 1.54) is 0 Å². The molecule has 0 radical (unpaired) electrons. The number of ether oxygens (including phenoxy) is 2. The number of methoxy groups -OCH3 is 2. The Balaban J connectivity index is 1.85. The van der Waals surface area contributed by atoms with E-state index in [0.29, 0.717) is 31.0 Å². The molecule has 5 nitrogen and oxygen atoms in total. The Morgan fingerprint density at radius 1 is 0.903 bits per heavy atom. The molecule has 3 aromatic rings. The third-order valence-corrected chi connectivity index (χ3v) is 6.20. The molecule has 31 heavy (non-hydrogen) atoms. The molecule has 0 aromatic heterocycles. The van der Waals surface area contributed by atoms with Crippen LogP contribution in [0.2, 0.25) is 0 Å². The van der Waals surface area contributed by atoms with Crippen LogP contribution in [-0.4, -0.2) is 31.6 Å². The Morgan fingerprint density at radius 2 is 1.52 bits per heavy atom. The molecule has 1 aliphatic rings. The molecule has 160 valence electrons. The number of carbonyl (C=O) groups excluding carboxylic acids is 1. The maximum Gasteiger partial charge on any atom is 0.230 e. The fraction of sp³-hybridized carbons (Fsp3) is 0.269. The van der Waals surface area contributed by atoms with Crippen molar-refractivity contribution in [3.8, 4) is 11.5 Å². The standard InChI is InChI=1S/C26H28N2O3/c1-30-22-14-13-19(24(17-22)31-2)18-28-25(29)23(15-16-27)26(28,20-9-5-3-6-10-20)21-11-7-4-8-12-21/h3-14,17,23H,15-16,18,27H2,1-2H3. The predicted octanol–water partition coefficient (Wildman–Crippen LogP) is 3.95. The van der Waals surface area contributed by atoms with Crippen LogP contribution in [0.5, 0.6) is 11.5 Å². The van der Waals surface area contributed by atoms with Gasteiger partial charge in [0.15, 0.2) is 0 Å². The first-order valence-corrected chi connectivity index (χ1v) is 10.5. The highest BCUT2D eigenvalue weighted by atomic mass is 16.5. The number of amides is 1. The molecule has 1 heterocycles. The number of hydrogen-bond acceptors (Lipinski definition) is 4. The lowest BCUT2D eigenvalue weighted by Gasteiger charge is -2.58. The van der Waals surface area contributed by atoms with Crippen LogP contribution in [0, 0.1) is 5.92 Å². The maximum atomic E-state index is 13.4. The molecule has 1 atom stereocenters. The van der Waals surface area contributed by atoms with Gasteiger partial charge in [0.2, 0.25) is 5.91 Å². The van der Waals surface area contributed by atoms with Crippen LogP contribution in [0.15, 0.2) is 78.9 Å². The van der Waals surface area contributed by atoms with Crippen molar-refractivity contribution in [1.29, 1.82) is 0 Å². The quantitative estimate of drug-likeness (QED) is 0.565. The summed E-state index contributed by atoms with van der Waals surface area (Å²) in [5.74, 6) is 1.31. The molecule has 0 spiro atoms. The first-order chi connectivity index (χ1) is 15.2. The van der Waals surface area contributed by atoms with Gasteiger partial charge < -0.3 is 20.1 Å². The molecule has 1 fully saturated rings. The molecule has 4 rings (SSSR count). The number of likely N-dealkylation sites (tertiary alicyclic amines) is 1. The van der Waals surface area contributed by atoms with Crippen molar-refractivity contribution >= 4 is 5.91 Å². The van der Waals surface area contributed by atoms with E-state index >= 15 is 0 Å². The Morgan fingerprint density at radius 3 is 2.03 bits per heavy atom. The van der Waals surface area contributed by atoms with E-state index in [0.717, 1.165) is 16.7 Å². The number of benzene rings is 3. The second-order valence-electron chi connectivity index (χ2n) is 7.73. The van der Waals surface area contributed by atoms with Crippen molar-refractivity contribution in [1.82, 2.24) is 4.90 Å². The lowest BCUT2D eigenvalue weighted by Crippen LogP contribution is -2.68. The second kappa shape index (κ2) is 8.82. The predicted molar refractivity (Wildman–Crippen MR) is 121 cm³/mol. The number of nitrogens with zero attached hydrogens (tertiary/aromatic N) is 1. The maximum absolute atomic E-state index is 13.4. The first-order valence-electron chi connectivity index (χ1n) is 10.5. The van der Waals surface area contributed by atoms with Gasteiger partial charge in [0.25, 0.3) is 0 Å². The highest BCUT2D eigenvalue weighted by Crippen LogP contribution is 2.53. The fourth-order valence-corrected chi connectivity index (χ4v) is 4.78. The summed E-state index contributed by atoms with van der Waals surface area (Å²) < 4.78 is 10.9. The molecule has 0 bridgehead atoms. The summed E-state index contributed by atoms with van der Waals surface area (Å²) in [5.41, 5.74) is 8.48. The van der Waals surface area contributed by atoms with Crippen molar-refractivity contribution in [2.45, 2.75) is 18.5 Å². The van der Waals surface area contributed by atoms with Crippen LogP contribution >= 0.6 is 0 Å². The van der Waals surface area contributed by atoms with Crippen LogP contribution < -0.4 is 15.2 Å². The SMILES string of the molecule is COc1ccc(CN2C(=O)C(CCN)C2(c2ccccc2)c2ccccc2)c(OC)c1. The van der Waals surface area contributed by atoms with E-state index < -0.39 is 5.54 Å². The third kappa shape index (κ3) is 3.45. The van der Waals surface area contributed by atoms with Gasteiger partial charge in [0.05, 0.1) is 26.7 Å². The highest BCUT2D eigenvalue weighted by molar-refractivity contribution is 5.90. The number of nitrogens with two attached hydrogens (primary N) is 1. The van der Waals surface area contributed by atoms with Gasteiger partial charge in [-0.1, -0.05) is 60.7 Å². The lowest BCUT2D eigenvalue weighted by atomic mass is 9.63. The average molecular weight is 417 g/mol. The molecular formula is C26H28N2O3. The van der Waals surface area contributed by atoms with E-state index in [1.54, 1.807) is 14.2 Å². The highest BCUT2D eigenvalue weighted by Gasteiger charge is 2.61. The number of rotatable bonds is 8. The molecule has 1 aliphatic heterocycles. The minimum absolute atomic E-state index is 0.107. The second-order valence-corrected chi connectivity index (χ2v) is 7.73. The van der Waals surface area contributed by atoms with Crippen LogP contribution in [0.4, 0.5) is 0 Å². The number of carbonyl (C=O) groups is 1. The number of β-lactam (4-membered cyclic amide) rings is 1. The number of hydrogen-bond donors (Lipinski definition) is 1. The molecule has 1 saturated heterocycles. The Kier molecular flexibility index (Phi) is 5.96. The summed E-state index contributed by atoms with van der Waals surface area (Å²) in [6.07, 6.45) is 0.624. The normalized spacial score (nSPS) is 17.2. The van der Waals surface area contributed by atoms with Gasteiger partial charge in [-0.15, -0.1) is 0 Å². The molecule has 0 saturated carbocycles. The van der Waals surface area contributed by atoms with Crippen molar-refractivity contribution in [2.24, 2.45) is 11.7 Å². The summed E-state index contributed by atoms with van der Waals surface area (Å²) >= 11 is 0. The van der Waals surface area contributed by atoms with E-state index in [4.69, 9.17) is 15.2 Å². The molecular weight excluding hydrogens is 388 g/mol. The zero-order chi connectivity index (χ0) is 21.8. The van der Waals surface area contributed by atoms with E-state index in [2.05, 4.69) is 24.3 Å². The van der Waals surface area contributed by atoms with Gasteiger partial charge in [-0.25, -0.2) is 0 Å². The first kappa shape index (κ1) is 20.9. The summed E-state index contributed by atoms with van der Waals surface area (Å²) in [4.78, 5) is 15.4. The Bertz CT molecular complexity index is 998. The van der Waals surface area contributed by atoms with Crippen molar-refractivity contribution in [3.63, 3.8) is 0 Å². The van der Waals surface area contributed by atoms with Gasteiger partial charge in [0.1, 0.15) is 17.0 Å². The lowest BCUT2D eigenvalue weighted by molar-refractivity contribution is -0.170. The topological polar surface area (TPSA) is 64.8 Å². The summed E-state index contributed by atoms with van der Waals surface area (Å²) in [6.45, 7) is 0.883. The van der Waals surface area contributed by atoms with Gasteiger partial charge >= 0.3 is 0 Å². The van der Waals surface area contributed by atoms with Crippen LogP contribution in [0.3, 0.4) is 0 Å². The van der Waals surface area contributed by atoms with Crippen molar-refractivity contribution in [2.75, 3.05) is 20.8 Å². The van der Waals surface area contributed by atoms with Gasteiger partial charge in [0, 0.05) is 11.6 Å². The van der Waals surface area contributed by atoms with Gasteiger partial charge in [-0.2, -0.15) is 0 Å². The van der Waals surface area contributed by atoms with E-state index in [9.17, 15) is 4.79 Å². The van der Waals surface area contributed by atoms with Crippen molar-refractivity contribution < 1.29 is 14.3 Å². The van der Waals surface area contributed by atoms with E-state index in [1.807, 2.05) is 59.5 Å². The zero-order valence-electron chi connectivity index (χ0n) is 18.0. The minimum Gasteiger partial charge on any atom is -0.497 e. The van der Waals surface area contributed by atoms with Crippen LogP contribution in [0.25, 0.3) is 0 Å². The third-order valence-electron chi connectivity index (χ3n) is 6.20. The molecule has 5 heteroatoms. The molecule has 3 aromatic carbocycles. The van der Waals surface area contributed by atoms with Gasteiger partial charge in [-0.05, 0) is 36.2 Å². The fourth-order valence-electron chi connectivity index (χ4n) is 4.78. The average Bonchev–Trinajstić information content (AvgIpc) is 2.84. The monoisotopic (exact) mass is 416 g/mol. The van der Waals surface area contributed by atoms with Crippen LogP contribution in [-0.2, 0) is 16.9 Å². The Labute approximate surface area is 183 Å². The summed E-state index contributed by atoms with van der Waals surface area (Å²) in [5, 5.41) is 0. The molecule has 2 N–H and O–H groups in total. The molecule has 1 amide bonds. The Hall–Kier alpha value is -3.31. The minimum atomic E-state index is -0.579. The zero-order valence-corrected chi connectivity index (χ0v) is 18.0. The smallest absolute Gasteiger partial charge is 0.230 e. The molecule has 1 unspecified atom stereocenters. The largest absolute Gasteiger partial charge is 0.497 e. The van der Waals surface area contributed by atoms with E-state index in [-0.39, 0.29) is 11.8 Å². The van der Waals surface area contributed by atoms with Gasteiger partial charge in [-0.3, -0.25) is 4.79 Å². The summed E-state index contributed by atoms with van der Waals surface area (Å²) in [7, 11) is 3.26. The van der Waals surface area contributed by atoms with Crippen molar-refractivity contribution in [3.05, 3.63) is 95.6 Å².